The van der Waals surface area contributed by atoms with Crippen LogP contribution in [0.1, 0.15) is 46.4 Å². The average molecular weight is 398 g/mol. The van der Waals surface area contributed by atoms with Crippen LogP contribution in [-0.2, 0) is 0 Å². The second kappa shape index (κ2) is 7.53. The minimum atomic E-state index is -0.362. The van der Waals surface area contributed by atoms with E-state index >= 15 is 0 Å². The van der Waals surface area contributed by atoms with Gasteiger partial charge in [0.15, 0.2) is 5.43 Å². The quantitative estimate of drug-likeness (QED) is 0.696. The van der Waals surface area contributed by atoms with Crippen LogP contribution in [0, 0.1) is 6.92 Å². The molecule has 4 rings (SSSR count). The molecule has 1 amide bonds. The van der Waals surface area contributed by atoms with Crippen LogP contribution < -0.4 is 10.3 Å². The van der Waals surface area contributed by atoms with Gasteiger partial charge in [-0.2, -0.15) is 0 Å². The monoisotopic (exact) mass is 397 g/mol. The highest BCUT2D eigenvalue weighted by atomic mass is 32.1. The Bertz CT molecular complexity index is 1070. The van der Waals surface area contributed by atoms with Gasteiger partial charge in [-0.25, -0.2) is 0 Å². The number of benzene rings is 1. The largest absolute Gasteiger partial charge is 0.450 e. The molecule has 1 aromatic carbocycles. The summed E-state index contributed by atoms with van der Waals surface area (Å²) >= 11 is 1.57. The van der Waals surface area contributed by atoms with E-state index in [1.165, 1.54) is 4.90 Å². The number of likely N-dealkylation sites (N-methyl/N-ethyl adjacent to an activating group) is 1. The van der Waals surface area contributed by atoms with Crippen LogP contribution >= 0.6 is 11.3 Å². The van der Waals surface area contributed by atoms with Crippen molar-refractivity contribution in [2.45, 2.75) is 26.8 Å². The SMILES string of the molecule is CC[NH+](CC)CCN1C(=O)c2oc3ccc(C)cc3c(=O)c2[C@@H]1c1cccs1. The summed E-state index contributed by atoms with van der Waals surface area (Å²) < 4.78 is 5.98. The smallest absolute Gasteiger partial charge is 0.291 e. The van der Waals surface area contributed by atoms with Gasteiger partial charge in [-0.1, -0.05) is 17.7 Å². The third-order valence-electron chi connectivity index (χ3n) is 5.64. The number of hydrogen-bond acceptors (Lipinski definition) is 4. The Morgan fingerprint density at radius 3 is 2.64 bits per heavy atom. The van der Waals surface area contributed by atoms with Crippen LogP contribution in [0.5, 0.6) is 0 Å². The molecule has 1 aliphatic heterocycles. The predicted octanol–water partition coefficient (Wildman–Crippen LogP) is 2.63. The lowest BCUT2D eigenvalue weighted by atomic mass is 10.0. The van der Waals surface area contributed by atoms with Crippen LogP contribution in [0.4, 0.5) is 0 Å². The lowest BCUT2D eigenvalue weighted by Crippen LogP contribution is -3.12. The van der Waals surface area contributed by atoms with Gasteiger partial charge in [0.1, 0.15) is 5.58 Å². The van der Waals surface area contributed by atoms with E-state index in [0.29, 0.717) is 23.1 Å². The molecule has 0 radical (unpaired) electrons. The second-order valence-electron chi connectivity index (χ2n) is 7.30. The third kappa shape index (κ3) is 3.06. The van der Waals surface area contributed by atoms with Crippen molar-refractivity contribution in [2.24, 2.45) is 0 Å². The van der Waals surface area contributed by atoms with E-state index in [-0.39, 0.29) is 23.1 Å². The van der Waals surface area contributed by atoms with Crippen molar-refractivity contribution in [1.29, 1.82) is 0 Å². The lowest BCUT2D eigenvalue weighted by Gasteiger charge is -2.25. The molecule has 0 aliphatic carbocycles. The van der Waals surface area contributed by atoms with E-state index in [2.05, 4.69) is 13.8 Å². The minimum Gasteiger partial charge on any atom is -0.450 e. The molecule has 0 spiro atoms. The first kappa shape index (κ1) is 18.9. The molecule has 1 N–H and O–H groups in total. The number of hydrogen-bond donors (Lipinski definition) is 1. The Hall–Kier alpha value is -2.44. The fourth-order valence-electron chi connectivity index (χ4n) is 3.99. The maximum absolute atomic E-state index is 13.4. The third-order valence-corrected chi connectivity index (χ3v) is 6.56. The zero-order valence-electron chi connectivity index (χ0n) is 16.5. The molecule has 3 heterocycles. The van der Waals surface area contributed by atoms with Gasteiger partial charge in [-0.15, -0.1) is 11.3 Å². The van der Waals surface area contributed by atoms with Crippen LogP contribution in [0.25, 0.3) is 11.0 Å². The molecule has 28 heavy (non-hydrogen) atoms. The normalized spacial score (nSPS) is 16.4. The molecule has 1 aliphatic rings. The highest BCUT2D eigenvalue weighted by molar-refractivity contribution is 7.10. The van der Waals surface area contributed by atoms with Gasteiger partial charge in [-0.3, -0.25) is 9.59 Å². The molecule has 0 saturated heterocycles. The zero-order chi connectivity index (χ0) is 19.8. The van der Waals surface area contributed by atoms with Gasteiger partial charge in [-0.05, 0) is 44.4 Å². The summed E-state index contributed by atoms with van der Waals surface area (Å²) in [5, 5.41) is 2.53. The first-order chi connectivity index (χ1) is 13.5. The minimum absolute atomic E-state index is 0.0932. The molecule has 146 valence electrons. The highest BCUT2D eigenvalue weighted by Gasteiger charge is 2.43. The van der Waals surface area contributed by atoms with E-state index < -0.39 is 0 Å². The molecular weight excluding hydrogens is 372 g/mol. The number of nitrogens with one attached hydrogen (secondary N) is 1. The van der Waals surface area contributed by atoms with Crippen molar-refractivity contribution < 1.29 is 14.1 Å². The zero-order valence-corrected chi connectivity index (χ0v) is 17.3. The van der Waals surface area contributed by atoms with E-state index in [9.17, 15) is 9.59 Å². The number of aryl methyl sites for hydroxylation is 1. The van der Waals surface area contributed by atoms with Crippen LogP contribution in [-0.4, -0.2) is 37.0 Å². The van der Waals surface area contributed by atoms with Gasteiger partial charge in [0.25, 0.3) is 5.91 Å². The lowest BCUT2D eigenvalue weighted by molar-refractivity contribution is -0.895. The van der Waals surface area contributed by atoms with Crippen molar-refractivity contribution in [2.75, 3.05) is 26.2 Å². The summed E-state index contributed by atoms with van der Waals surface area (Å²) in [6.45, 7) is 9.71. The van der Waals surface area contributed by atoms with Crippen molar-refractivity contribution in [3.05, 3.63) is 67.7 Å². The summed E-state index contributed by atoms with van der Waals surface area (Å²) in [7, 11) is 0. The molecule has 0 fully saturated rings. The molecule has 1 atom stereocenters. The molecule has 6 heteroatoms. The molecular formula is C22H25N2O3S+. The number of rotatable bonds is 6. The first-order valence-electron chi connectivity index (χ1n) is 9.80. The average Bonchev–Trinajstić information content (AvgIpc) is 3.31. The predicted molar refractivity (Wildman–Crippen MR) is 111 cm³/mol. The van der Waals surface area contributed by atoms with Gasteiger partial charge in [0.2, 0.25) is 5.76 Å². The van der Waals surface area contributed by atoms with Crippen molar-refractivity contribution >= 4 is 28.2 Å². The van der Waals surface area contributed by atoms with Crippen molar-refractivity contribution in [3.8, 4) is 0 Å². The van der Waals surface area contributed by atoms with E-state index in [0.717, 1.165) is 30.1 Å². The fourth-order valence-corrected chi connectivity index (χ4v) is 4.83. The number of carbonyl (C=O) groups excluding carboxylic acids is 1. The summed E-state index contributed by atoms with van der Waals surface area (Å²) in [6.07, 6.45) is 0. The van der Waals surface area contributed by atoms with Gasteiger partial charge in [0, 0.05) is 4.88 Å². The summed E-state index contributed by atoms with van der Waals surface area (Å²) in [5.74, 6) is 0.0221. The topological polar surface area (TPSA) is 55.0 Å². The molecule has 3 aromatic rings. The van der Waals surface area contributed by atoms with Crippen LogP contribution in [0.15, 0.2) is 44.9 Å². The van der Waals surface area contributed by atoms with Crippen molar-refractivity contribution in [1.82, 2.24) is 4.90 Å². The fraction of sp³-hybridized carbons (Fsp3) is 0.364. The van der Waals surface area contributed by atoms with Gasteiger partial charge < -0.3 is 14.2 Å². The Labute approximate surface area is 168 Å². The van der Waals surface area contributed by atoms with E-state index in [1.807, 2.05) is 41.5 Å². The molecule has 0 unspecified atom stereocenters. The van der Waals surface area contributed by atoms with Crippen molar-refractivity contribution in [3.63, 3.8) is 0 Å². The number of carbonyl (C=O) groups is 1. The van der Waals surface area contributed by atoms with Crippen LogP contribution in [0.3, 0.4) is 0 Å². The number of fused-ring (bicyclic) bond motifs is 2. The number of amides is 1. The maximum Gasteiger partial charge on any atom is 0.291 e. The molecule has 0 bridgehead atoms. The van der Waals surface area contributed by atoms with Gasteiger partial charge >= 0.3 is 0 Å². The summed E-state index contributed by atoms with van der Waals surface area (Å²) in [6, 6.07) is 9.12. The molecule has 0 saturated carbocycles. The number of quaternary nitrogens is 1. The Balaban J connectivity index is 1.85. The standard InChI is InChI=1S/C22H24N2O3S/c1-4-23(5-2)10-11-24-19(17-7-6-12-28-17)18-20(25)15-13-14(3)8-9-16(15)27-21(18)22(24)26/h6-9,12-13,19H,4-5,10-11H2,1-3H3/p+1/t19-/m0/s1. The highest BCUT2D eigenvalue weighted by Crippen LogP contribution is 2.39. The van der Waals surface area contributed by atoms with E-state index in [4.69, 9.17) is 4.42 Å². The second-order valence-corrected chi connectivity index (χ2v) is 8.28. The first-order valence-corrected chi connectivity index (χ1v) is 10.7. The Kier molecular flexibility index (Phi) is 5.08. The summed E-state index contributed by atoms with van der Waals surface area (Å²) in [4.78, 5) is 30.9. The van der Waals surface area contributed by atoms with Crippen LogP contribution in [0.2, 0.25) is 0 Å². The molecule has 5 nitrogen and oxygen atoms in total. The maximum atomic E-state index is 13.4. The Morgan fingerprint density at radius 2 is 1.96 bits per heavy atom. The summed E-state index contributed by atoms with van der Waals surface area (Å²) in [5.41, 5.74) is 1.87. The van der Waals surface area contributed by atoms with E-state index in [1.54, 1.807) is 17.4 Å². The number of thiophene rings is 1. The van der Waals surface area contributed by atoms with Gasteiger partial charge in [0.05, 0.1) is 43.2 Å². The Morgan fingerprint density at radius 1 is 1.18 bits per heavy atom. The number of nitrogens with zero attached hydrogens (tertiary/aromatic N) is 1. The molecule has 2 aromatic heterocycles.